The van der Waals surface area contributed by atoms with Crippen molar-refractivity contribution in [2.45, 2.75) is 38.5 Å². The second-order valence-corrected chi connectivity index (χ2v) is 5.63. The molecule has 0 radical (unpaired) electrons. The van der Waals surface area contributed by atoms with Gasteiger partial charge in [0.15, 0.2) is 0 Å². The van der Waals surface area contributed by atoms with E-state index in [9.17, 15) is 0 Å². The smallest absolute Gasteiger partial charge is 0.0738 e. The third kappa shape index (κ3) is 4.19. The molecule has 1 aliphatic rings. The van der Waals surface area contributed by atoms with Crippen LogP contribution in [0.4, 0.5) is 5.69 Å². The van der Waals surface area contributed by atoms with Gasteiger partial charge >= 0.3 is 0 Å². The Morgan fingerprint density at radius 2 is 1.88 bits per heavy atom. The highest BCUT2D eigenvalue weighted by molar-refractivity contribution is 8.13. The zero-order valence-corrected chi connectivity index (χ0v) is 11.4. The van der Waals surface area contributed by atoms with Crippen LogP contribution < -0.4 is 0 Å². The number of para-hydroxylation sites is 1. The molecule has 1 aromatic carbocycles. The molecule has 0 spiro atoms. The van der Waals surface area contributed by atoms with Crippen molar-refractivity contribution in [3.05, 3.63) is 30.3 Å². The summed E-state index contributed by atoms with van der Waals surface area (Å²) in [5, 5.41) is 1.29. The fourth-order valence-corrected chi connectivity index (χ4v) is 3.06. The Kier molecular flexibility index (Phi) is 5.11. The van der Waals surface area contributed by atoms with Gasteiger partial charge in [0, 0.05) is 0 Å². The molecule has 0 heterocycles. The number of thioether (sulfide) groups is 1. The zero-order chi connectivity index (χ0) is 11.9. The van der Waals surface area contributed by atoms with E-state index in [0.717, 1.165) is 11.6 Å². The van der Waals surface area contributed by atoms with Gasteiger partial charge in [-0.1, -0.05) is 50.3 Å². The lowest BCUT2D eigenvalue weighted by atomic mass is 9.87. The number of hydrogen-bond donors (Lipinski definition) is 0. The van der Waals surface area contributed by atoms with Crippen LogP contribution in [-0.4, -0.2) is 11.3 Å². The van der Waals surface area contributed by atoms with E-state index < -0.39 is 0 Å². The Bertz CT molecular complexity index is 352. The predicted molar refractivity (Wildman–Crippen MR) is 78.2 cm³/mol. The molecule has 1 aromatic rings. The lowest BCUT2D eigenvalue weighted by molar-refractivity contribution is 0.369. The number of aliphatic imine (C=N–C) groups is 1. The van der Waals surface area contributed by atoms with E-state index in [4.69, 9.17) is 4.99 Å². The molecule has 1 aliphatic carbocycles. The molecule has 92 valence electrons. The van der Waals surface area contributed by atoms with Gasteiger partial charge in [-0.05, 0) is 30.7 Å². The first-order chi connectivity index (χ1) is 8.38. The molecule has 0 aromatic heterocycles. The molecule has 0 saturated heterocycles. The molecule has 2 rings (SSSR count). The van der Waals surface area contributed by atoms with E-state index >= 15 is 0 Å². The molecule has 1 fully saturated rings. The molecule has 0 bridgehead atoms. The lowest BCUT2D eigenvalue weighted by Gasteiger charge is -2.21. The number of rotatable bonds is 3. The molecule has 2 heteroatoms. The van der Waals surface area contributed by atoms with Crippen LogP contribution in [0, 0.1) is 5.92 Å². The zero-order valence-electron chi connectivity index (χ0n) is 10.6. The molecule has 1 nitrogen and oxygen atoms in total. The SMILES string of the molecule is CSC(CC1CCCCC1)=Nc1ccccc1. The normalized spacial score (nSPS) is 18.3. The van der Waals surface area contributed by atoms with Crippen LogP contribution in [0.3, 0.4) is 0 Å². The van der Waals surface area contributed by atoms with Gasteiger partial charge in [-0.15, -0.1) is 11.8 Å². The molecule has 0 unspecified atom stereocenters. The number of benzene rings is 1. The highest BCUT2D eigenvalue weighted by atomic mass is 32.2. The fourth-order valence-electron chi connectivity index (χ4n) is 2.46. The minimum Gasteiger partial charge on any atom is -0.247 e. The van der Waals surface area contributed by atoms with Gasteiger partial charge in [0.1, 0.15) is 0 Å². The maximum Gasteiger partial charge on any atom is 0.0738 e. The van der Waals surface area contributed by atoms with Gasteiger partial charge < -0.3 is 0 Å². The first-order valence-corrected chi connectivity index (χ1v) is 7.77. The predicted octanol–water partition coefficient (Wildman–Crippen LogP) is 5.05. The number of hydrogen-bond acceptors (Lipinski definition) is 2. The Balaban J connectivity index is 1.98. The van der Waals surface area contributed by atoms with Crippen molar-refractivity contribution in [2.24, 2.45) is 10.9 Å². The summed E-state index contributed by atoms with van der Waals surface area (Å²) in [5.41, 5.74) is 1.09. The second-order valence-electron chi connectivity index (χ2n) is 4.75. The van der Waals surface area contributed by atoms with E-state index in [1.807, 2.05) is 17.8 Å². The largest absolute Gasteiger partial charge is 0.247 e. The van der Waals surface area contributed by atoms with Crippen LogP contribution in [0.15, 0.2) is 35.3 Å². The maximum absolute atomic E-state index is 4.75. The van der Waals surface area contributed by atoms with Crippen LogP contribution >= 0.6 is 11.8 Å². The Morgan fingerprint density at radius 1 is 1.18 bits per heavy atom. The van der Waals surface area contributed by atoms with Crippen LogP contribution in [-0.2, 0) is 0 Å². The van der Waals surface area contributed by atoms with E-state index in [0.29, 0.717) is 0 Å². The van der Waals surface area contributed by atoms with Gasteiger partial charge in [-0.2, -0.15) is 0 Å². The average molecular weight is 247 g/mol. The summed E-state index contributed by atoms with van der Waals surface area (Å²) in [6.07, 6.45) is 10.4. The second kappa shape index (κ2) is 6.85. The Labute approximate surface area is 109 Å². The molecule has 0 N–H and O–H groups in total. The van der Waals surface area contributed by atoms with Gasteiger partial charge in [0.05, 0.1) is 10.7 Å². The van der Waals surface area contributed by atoms with E-state index in [1.165, 1.54) is 43.6 Å². The first-order valence-electron chi connectivity index (χ1n) is 6.55. The van der Waals surface area contributed by atoms with Crippen molar-refractivity contribution in [3.8, 4) is 0 Å². The lowest BCUT2D eigenvalue weighted by Crippen LogP contribution is -2.10. The Hall–Kier alpha value is -0.760. The summed E-state index contributed by atoms with van der Waals surface area (Å²) < 4.78 is 0. The highest BCUT2D eigenvalue weighted by Gasteiger charge is 2.15. The summed E-state index contributed by atoms with van der Waals surface area (Å²) in [5.74, 6) is 0.874. The molecule has 0 amide bonds. The topological polar surface area (TPSA) is 12.4 Å². The van der Waals surface area contributed by atoms with Gasteiger partial charge in [0.25, 0.3) is 0 Å². The van der Waals surface area contributed by atoms with Crippen molar-refractivity contribution in [1.29, 1.82) is 0 Å². The summed E-state index contributed by atoms with van der Waals surface area (Å²) in [6.45, 7) is 0. The fraction of sp³-hybridized carbons (Fsp3) is 0.533. The standard InChI is InChI=1S/C15H21NS/c1-17-15(12-13-8-4-2-5-9-13)16-14-10-6-3-7-11-14/h3,6-7,10-11,13H,2,4-5,8-9,12H2,1H3. The number of nitrogens with zero attached hydrogens (tertiary/aromatic N) is 1. The molecule has 0 atom stereocenters. The molecular weight excluding hydrogens is 226 g/mol. The molecule has 17 heavy (non-hydrogen) atoms. The van der Waals surface area contributed by atoms with Crippen molar-refractivity contribution >= 4 is 22.5 Å². The van der Waals surface area contributed by atoms with Gasteiger partial charge in [-0.25, -0.2) is 4.99 Å². The third-order valence-electron chi connectivity index (χ3n) is 3.43. The van der Waals surface area contributed by atoms with Gasteiger partial charge in [0.2, 0.25) is 0 Å². The van der Waals surface area contributed by atoms with Crippen molar-refractivity contribution < 1.29 is 0 Å². The van der Waals surface area contributed by atoms with E-state index in [2.05, 4.69) is 30.5 Å². The van der Waals surface area contributed by atoms with Crippen LogP contribution in [0.2, 0.25) is 0 Å². The summed E-state index contributed by atoms with van der Waals surface area (Å²) in [4.78, 5) is 4.75. The Morgan fingerprint density at radius 3 is 2.53 bits per heavy atom. The van der Waals surface area contributed by atoms with Gasteiger partial charge in [-0.3, -0.25) is 0 Å². The van der Waals surface area contributed by atoms with Crippen molar-refractivity contribution in [1.82, 2.24) is 0 Å². The van der Waals surface area contributed by atoms with E-state index in [-0.39, 0.29) is 0 Å². The summed E-state index contributed by atoms with van der Waals surface area (Å²) >= 11 is 1.81. The first kappa shape index (κ1) is 12.7. The average Bonchev–Trinajstić information content (AvgIpc) is 2.40. The third-order valence-corrected chi connectivity index (χ3v) is 4.16. The summed E-state index contributed by atoms with van der Waals surface area (Å²) in [6, 6.07) is 10.3. The molecule has 1 saturated carbocycles. The van der Waals surface area contributed by atoms with Crippen LogP contribution in [0.1, 0.15) is 38.5 Å². The monoisotopic (exact) mass is 247 g/mol. The van der Waals surface area contributed by atoms with E-state index in [1.54, 1.807) is 0 Å². The van der Waals surface area contributed by atoms with Crippen molar-refractivity contribution in [3.63, 3.8) is 0 Å². The molecular formula is C15H21NS. The minimum absolute atomic E-state index is 0.874. The van der Waals surface area contributed by atoms with Crippen LogP contribution in [0.25, 0.3) is 0 Å². The maximum atomic E-state index is 4.75. The quantitative estimate of drug-likeness (QED) is 0.538. The van der Waals surface area contributed by atoms with Crippen molar-refractivity contribution in [2.75, 3.05) is 6.26 Å². The highest BCUT2D eigenvalue weighted by Crippen LogP contribution is 2.29. The minimum atomic E-state index is 0.874. The summed E-state index contributed by atoms with van der Waals surface area (Å²) in [7, 11) is 0. The molecule has 0 aliphatic heterocycles. The van der Waals surface area contributed by atoms with Crippen LogP contribution in [0.5, 0.6) is 0 Å².